The van der Waals surface area contributed by atoms with Gasteiger partial charge in [-0.15, -0.1) is 11.3 Å². The Morgan fingerprint density at radius 2 is 2.28 bits per heavy atom. The molecule has 0 amide bonds. The van der Waals surface area contributed by atoms with E-state index >= 15 is 0 Å². The van der Waals surface area contributed by atoms with E-state index in [0.29, 0.717) is 23.5 Å². The molecule has 138 valence electrons. The topological polar surface area (TPSA) is 45.7 Å². The first-order valence-electron chi connectivity index (χ1n) is 9.77. The molecular formula is C20H31N3OS. The quantitative estimate of drug-likeness (QED) is 0.623. The number of thiophene rings is 1. The molecular weight excluding hydrogens is 330 g/mol. The third kappa shape index (κ3) is 2.89. The average molecular weight is 362 g/mol. The molecule has 2 heterocycles. The molecule has 1 spiro atoms. The SMILES string of the molecule is CCNC(=NCC(C)(C)c1cccs1)NC1C2CCOC2C12CCC2. The average Bonchev–Trinajstić information content (AvgIpc) is 3.19. The highest BCUT2D eigenvalue weighted by Gasteiger charge is 2.66. The van der Waals surface area contributed by atoms with Crippen LogP contribution in [0.3, 0.4) is 0 Å². The summed E-state index contributed by atoms with van der Waals surface area (Å²) < 4.78 is 6.05. The van der Waals surface area contributed by atoms with Crippen molar-refractivity contribution in [2.75, 3.05) is 19.7 Å². The predicted molar refractivity (Wildman–Crippen MR) is 104 cm³/mol. The van der Waals surface area contributed by atoms with Crippen molar-refractivity contribution >= 4 is 17.3 Å². The lowest BCUT2D eigenvalue weighted by molar-refractivity contribution is -0.171. The highest BCUT2D eigenvalue weighted by atomic mass is 32.1. The van der Waals surface area contributed by atoms with Crippen molar-refractivity contribution in [2.24, 2.45) is 16.3 Å². The Hall–Kier alpha value is -1.07. The summed E-state index contributed by atoms with van der Waals surface area (Å²) in [5.74, 6) is 1.66. The van der Waals surface area contributed by atoms with Crippen molar-refractivity contribution in [3.8, 4) is 0 Å². The molecule has 3 aliphatic rings. The van der Waals surface area contributed by atoms with Gasteiger partial charge in [0.25, 0.3) is 0 Å². The number of nitrogens with zero attached hydrogens (tertiary/aromatic N) is 1. The van der Waals surface area contributed by atoms with Gasteiger partial charge >= 0.3 is 0 Å². The van der Waals surface area contributed by atoms with Crippen LogP contribution >= 0.6 is 11.3 Å². The van der Waals surface area contributed by atoms with Gasteiger partial charge in [0.15, 0.2) is 5.96 Å². The van der Waals surface area contributed by atoms with Crippen molar-refractivity contribution in [1.29, 1.82) is 0 Å². The smallest absolute Gasteiger partial charge is 0.191 e. The summed E-state index contributed by atoms with van der Waals surface area (Å²) in [6.07, 6.45) is 5.68. The molecule has 25 heavy (non-hydrogen) atoms. The van der Waals surface area contributed by atoms with Crippen molar-refractivity contribution < 1.29 is 4.74 Å². The molecule has 4 nitrogen and oxygen atoms in total. The fraction of sp³-hybridized carbons (Fsp3) is 0.750. The van der Waals surface area contributed by atoms with E-state index in [-0.39, 0.29) is 5.41 Å². The summed E-state index contributed by atoms with van der Waals surface area (Å²) in [6, 6.07) is 4.89. The number of nitrogens with one attached hydrogen (secondary N) is 2. The van der Waals surface area contributed by atoms with Crippen LogP contribution in [0.15, 0.2) is 22.5 Å². The zero-order chi connectivity index (χ0) is 17.5. The lowest BCUT2D eigenvalue weighted by atomic mass is 9.46. The van der Waals surface area contributed by atoms with Crippen molar-refractivity contribution in [1.82, 2.24) is 10.6 Å². The zero-order valence-electron chi connectivity index (χ0n) is 15.7. The number of aliphatic imine (C=N–C) groups is 1. The van der Waals surface area contributed by atoms with Gasteiger partial charge in [0, 0.05) is 40.8 Å². The highest BCUT2D eigenvalue weighted by molar-refractivity contribution is 7.10. The zero-order valence-corrected chi connectivity index (χ0v) is 16.5. The molecule has 0 radical (unpaired) electrons. The summed E-state index contributed by atoms with van der Waals surface area (Å²) in [5, 5.41) is 9.42. The Kier molecular flexibility index (Phi) is 4.57. The Bertz CT molecular complexity index is 621. The second-order valence-corrected chi connectivity index (χ2v) is 9.46. The van der Waals surface area contributed by atoms with Crippen LogP contribution in [0.25, 0.3) is 0 Å². The monoisotopic (exact) mass is 361 g/mol. The molecule has 0 aromatic carbocycles. The molecule has 1 aromatic rings. The van der Waals surface area contributed by atoms with E-state index in [1.54, 1.807) is 0 Å². The van der Waals surface area contributed by atoms with E-state index in [4.69, 9.17) is 9.73 Å². The maximum absolute atomic E-state index is 6.05. The van der Waals surface area contributed by atoms with Gasteiger partial charge in [-0.05, 0) is 37.6 Å². The van der Waals surface area contributed by atoms with E-state index in [1.165, 1.54) is 30.6 Å². The molecule has 3 atom stereocenters. The summed E-state index contributed by atoms with van der Waals surface area (Å²) in [5.41, 5.74) is 0.462. The number of hydrogen-bond donors (Lipinski definition) is 2. The Labute approximate surface area is 155 Å². The molecule has 2 N–H and O–H groups in total. The first-order valence-corrected chi connectivity index (χ1v) is 10.7. The lowest BCUT2D eigenvalue weighted by Gasteiger charge is -2.63. The van der Waals surface area contributed by atoms with Gasteiger partial charge in [0.1, 0.15) is 0 Å². The maximum atomic E-state index is 6.05. The first-order chi connectivity index (χ1) is 12.1. The van der Waals surface area contributed by atoms with Crippen LogP contribution in [-0.4, -0.2) is 37.8 Å². The Morgan fingerprint density at radius 1 is 1.44 bits per heavy atom. The van der Waals surface area contributed by atoms with Gasteiger partial charge < -0.3 is 15.4 Å². The second kappa shape index (κ2) is 6.58. The third-order valence-electron chi connectivity index (χ3n) is 6.49. The predicted octanol–water partition coefficient (Wildman–Crippen LogP) is 3.54. The van der Waals surface area contributed by atoms with Crippen LogP contribution in [0.4, 0.5) is 0 Å². The second-order valence-electron chi connectivity index (χ2n) is 8.51. The minimum absolute atomic E-state index is 0.0727. The number of fused-ring (bicyclic) bond motifs is 2. The van der Waals surface area contributed by atoms with Gasteiger partial charge in [0.2, 0.25) is 0 Å². The maximum Gasteiger partial charge on any atom is 0.191 e. The lowest BCUT2D eigenvalue weighted by Crippen LogP contribution is -2.72. The molecule has 0 bridgehead atoms. The van der Waals surface area contributed by atoms with E-state index < -0.39 is 0 Å². The van der Waals surface area contributed by atoms with Crippen LogP contribution in [0, 0.1) is 11.3 Å². The van der Waals surface area contributed by atoms with Gasteiger partial charge in [0.05, 0.1) is 12.6 Å². The van der Waals surface area contributed by atoms with Crippen molar-refractivity contribution in [3.63, 3.8) is 0 Å². The normalized spacial score (nSPS) is 30.5. The highest BCUT2D eigenvalue weighted by Crippen LogP contribution is 2.62. The minimum atomic E-state index is 0.0727. The largest absolute Gasteiger partial charge is 0.377 e. The molecule has 3 fully saturated rings. The van der Waals surface area contributed by atoms with Crippen LogP contribution in [0.2, 0.25) is 0 Å². The number of guanidine groups is 1. The minimum Gasteiger partial charge on any atom is -0.377 e. The Morgan fingerprint density at radius 3 is 2.92 bits per heavy atom. The molecule has 5 heteroatoms. The van der Waals surface area contributed by atoms with Gasteiger partial charge in [-0.3, -0.25) is 4.99 Å². The fourth-order valence-corrected chi connectivity index (χ4v) is 5.79. The molecule has 3 unspecified atom stereocenters. The summed E-state index contributed by atoms with van der Waals surface area (Å²) in [7, 11) is 0. The third-order valence-corrected chi connectivity index (χ3v) is 7.73. The number of ether oxygens (including phenoxy) is 1. The van der Waals surface area contributed by atoms with Crippen LogP contribution in [0.1, 0.15) is 51.3 Å². The summed E-state index contributed by atoms with van der Waals surface area (Å²) in [6.45, 7) is 9.34. The van der Waals surface area contributed by atoms with Crippen LogP contribution in [-0.2, 0) is 10.2 Å². The van der Waals surface area contributed by atoms with Gasteiger partial charge in [-0.25, -0.2) is 0 Å². The summed E-state index contributed by atoms with van der Waals surface area (Å²) in [4.78, 5) is 6.36. The van der Waals surface area contributed by atoms with Crippen molar-refractivity contribution in [3.05, 3.63) is 22.4 Å². The first kappa shape index (κ1) is 17.3. The number of hydrogen-bond acceptors (Lipinski definition) is 3. The fourth-order valence-electron chi connectivity index (χ4n) is 4.94. The number of rotatable bonds is 5. The van der Waals surface area contributed by atoms with E-state index in [0.717, 1.165) is 25.7 Å². The molecule has 1 aromatic heterocycles. The van der Waals surface area contributed by atoms with Gasteiger partial charge in [-0.1, -0.05) is 26.3 Å². The van der Waals surface area contributed by atoms with E-state index in [2.05, 4.69) is 48.9 Å². The molecule has 2 saturated carbocycles. The standard InChI is InChI=1S/C20H31N3OS/c1-4-21-18(22-13-19(2,3)15-7-5-12-25-15)23-16-14-8-11-24-17(14)20(16)9-6-10-20/h5,7,12,14,16-17H,4,6,8-11,13H2,1-3H3,(H2,21,22,23). The summed E-state index contributed by atoms with van der Waals surface area (Å²) >= 11 is 1.82. The van der Waals surface area contributed by atoms with Gasteiger partial charge in [-0.2, -0.15) is 0 Å². The van der Waals surface area contributed by atoms with E-state index in [1.807, 2.05) is 11.3 Å². The Balaban J connectivity index is 1.46. The van der Waals surface area contributed by atoms with Crippen LogP contribution in [0.5, 0.6) is 0 Å². The van der Waals surface area contributed by atoms with E-state index in [9.17, 15) is 0 Å². The molecule has 1 aliphatic heterocycles. The molecule has 2 aliphatic carbocycles. The van der Waals surface area contributed by atoms with Crippen LogP contribution < -0.4 is 10.6 Å². The van der Waals surface area contributed by atoms with Crippen molar-refractivity contribution in [2.45, 2.75) is 64.0 Å². The molecule has 4 rings (SSSR count). The molecule has 1 saturated heterocycles.